The van der Waals surface area contributed by atoms with Crippen LogP contribution >= 0.6 is 0 Å². The van der Waals surface area contributed by atoms with Gasteiger partial charge < -0.3 is 20.2 Å². The van der Waals surface area contributed by atoms with Gasteiger partial charge in [0.1, 0.15) is 11.5 Å². The molecule has 1 aliphatic heterocycles. The van der Waals surface area contributed by atoms with Gasteiger partial charge in [-0.25, -0.2) is 0 Å². The average molecular weight is 581 g/mol. The number of carbonyl (C=O) groups is 2. The Morgan fingerprint density at radius 3 is 1.71 bits per heavy atom. The second kappa shape index (κ2) is 12.5. The smallest absolute Gasteiger partial charge is 0.225 e. The molecule has 41 heavy (non-hydrogen) atoms. The van der Waals surface area contributed by atoms with E-state index in [0.717, 1.165) is 32.4 Å². The van der Waals surface area contributed by atoms with E-state index in [2.05, 4.69) is 125 Å². The van der Waals surface area contributed by atoms with Crippen LogP contribution in [0.15, 0.2) is 0 Å². The molecule has 7 nitrogen and oxygen atoms in total. The third-order valence-electron chi connectivity index (χ3n) is 9.61. The molecule has 3 N–H and O–H groups in total. The Balaban J connectivity index is 2.91. The van der Waals surface area contributed by atoms with Gasteiger partial charge in [-0.15, -0.1) is 0 Å². The standard InChI is InChI=1S/C34H68N4O3/c1-25(39)18-27(2,3)19-28(4,5)22-36-26(40)29(6,7)20-32(12,13)38(17)33(14,15)21-30(8,9)34(24-41-34)37-23-31(10,11)35-16/h35,37H,18-24H2,1-17H3,(H,36,40). The maximum Gasteiger partial charge on any atom is 0.225 e. The highest BCUT2D eigenvalue weighted by atomic mass is 16.6. The molecular formula is C34H68N4O3. The fourth-order valence-electron chi connectivity index (χ4n) is 7.35. The van der Waals surface area contributed by atoms with Gasteiger partial charge in [-0.05, 0) is 92.7 Å². The lowest BCUT2D eigenvalue weighted by molar-refractivity contribution is -0.133. The first-order valence-electron chi connectivity index (χ1n) is 15.6. The molecule has 0 radical (unpaired) electrons. The third-order valence-corrected chi connectivity index (χ3v) is 9.61. The van der Waals surface area contributed by atoms with Crippen LogP contribution in [-0.4, -0.2) is 72.7 Å². The van der Waals surface area contributed by atoms with Gasteiger partial charge in [-0.2, -0.15) is 0 Å². The topological polar surface area (TPSA) is 86.0 Å². The van der Waals surface area contributed by atoms with Gasteiger partial charge >= 0.3 is 0 Å². The molecule has 242 valence electrons. The van der Waals surface area contributed by atoms with E-state index in [9.17, 15) is 9.59 Å². The highest BCUT2D eigenvalue weighted by Gasteiger charge is 2.59. The van der Waals surface area contributed by atoms with E-state index in [-0.39, 0.29) is 50.3 Å². The molecule has 1 aliphatic rings. The van der Waals surface area contributed by atoms with Crippen LogP contribution < -0.4 is 16.0 Å². The van der Waals surface area contributed by atoms with Crippen molar-refractivity contribution in [3.05, 3.63) is 0 Å². The molecule has 1 unspecified atom stereocenters. The summed E-state index contributed by atoms with van der Waals surface area (Å²) in [5.41, 5.74) is -1.55. The zero-order chi connectivity index (χ0) is 32.5. The van der Waals surface area contributed by atoms with Crippen molar-refractivity contribution >= 4 is 11.7 Å². The van der Waals surface area contributed by atoms with Gasteiger partial charge in [0.05, 0.1) is 6.61 Å². The average Bonchev–Trinajstić information content (AvgIpc) is 3.54. The van der Waals surface area contributed by atoms with Crippen LogP contribution in [0.2, 0.25) is 0 Å². The van der Waals surface area contributed by atoms with Crippen molar-refractivity contribution in [2.45, 2.75) is 152 Å². The number of epoxide rings is 1. The molecule has 0 spiro atoms. The van der Waals surface area contributed by atoms with Gasteiger partial charge in [0.25, 0.3) is 0 Å². The maximum absolute atomic E-state index is 13.5. The van der Waals surface area contributed by atoms with E-state index in [0.29, 0.717) is 13.0 Å². The fourth-order valence-corrected chi connectivity index (χ4v) is 7.35. The molecule has 0 aliphatic carbocycles. The predicted octanol–water partition coefficient (Wildman–Crippen LogP) is 6.16. The van der Waals surface area contributed by atoms with E-state index in [1.165, 1.54) is 0 Å². The van der Waals surface area contributed by atoms with Crippen LogP contribution in [0, 0.1) is 21.7 Å². The number of carbonyl (C=O) groups excluding carboxylic acids is 2. The summed E-state index contributed by atoms with van der Waals surface area (Å²) in [5.74, 6) is 0.290. The van der Waals surface area contributed by atoms with Crippen molar-refractivity contribution in [1.82, 2.24) is 20.9 Å². The maximum atomic E-state index is 13.5. The van der Waals surface area contributed by atoms with Crippen LogP contribution in [0.4, 0.5) is 0 Å². The molecule has 1 amide bonds. The summed E-state index contributed by atoms with van der Waals surface area (Å²) >= 11 is 0. The van der Waals surface area contributed by atoms with E-state index in [4.69, 9.17) is 4.74 Å². The zero-order valence-electron chi connectivity index (χ0n) is 30.1. The van der Waals surface area contributed by atoms with E-state index >= 15 is 0 Å². The minimum absolute atomic E-state index is 0.0184. The Bertz CT molecular complexity index is 911. The summed E-state index contributed by atoms with van der Waals surface area (Å²) in [4.78, 5) is 27.7. The molecule has 0 saturated carbocycles. The molecular weight excluding hydrogens is 512 g/mol. The van der Waals surface area contributed by atoms with Crippen LogP contribution in [0.3, 0.4) is 0 Å². The Labute approximate surface area is 254 Å². The number of Topliss-reactive ketones (excluding diaryl/α,β-unsaturated/α-hetero) is 1. The molecule has 1 atom stereocenters. The summed E-state index contributed by atoms with van der Waals surface area (Å²) < 4.78 is 6.10. The van der Waals surface area contributed by atoms with E-state index in [1.807, 2.05) is 7.05 Å². The number of ketones is 1. The number of amides is 1. The molecule has 0 aromatic heterocycles. The Hall–Kier alpha value is -1.02. The van der Waals surface area contributed by atoms with Gasteiger partial charge in [-0.1, -0.05) is 55.4 Å². The summed E-state index contributed by atoms with van der Waals surface area (Å²) in [7, 11) is 4.19. The number of likely N-dealkylation sites (N-methyl/N-ethyl adjacent to an activating group) is 1. The molecule has 0 aromatic rings. The van der Waals surface area contributed by atoms with Crippen molar-refractivity contribution in [2.24, 2.45) is 21.7 Å². The SMILES string of the molecule is CNC(C)(C)CNC1(C(C)(C)CC(C)(C)N(C)C(C)(C)CC(C)(C)C(=O)NCC(C)(C)CC(C)(C)CC(C)=O)CO1. The summed E-state index contributed by atoms with van der Waals surface area (Å²) in [6.45, 7) is 34.6. The Morgan fingerprint density at radius 2 is 1.27 bits per heavy atom. The van der Waals surface area contributed by atoms with Crippen LogP contribution in [-0.2, 0) is 14.3 Å². The van der Waals surface area contributed by atoms with Crippen LogP contribution in [0.25, 0.3) is 0 Å². The van der Waals surface area contributed by atoms with Crippen molar-refractivity contribution in [1.29, 1.82) is 0 Å². The first-order chi connectivity index (χ1) is 18.0. The first kappa shape index (κ1) is 38.0. The Morgan fingerprint density at radius 1 is 0.780 bits per heavy atom. The predicted molar refractivity (Wildman–Crippen MR) is 173 cm³/mol. The van der Waals surface area contributed by atoms with Gasteiger partial charge in [0, 0.05) is 47.0 Å². The van der Waals surface area contributed by atoms with Crippen LogP contribution in [0.5, 0.6) is 0 Å². The van der Waals surface area contributed by atoms with Crippen molar-refractivity contribution in [2.75, 3.05) is 33.8 Å². The molecule has 0 bridgehead atoms. The van der Waals surface area contributed by atoms with Crippen LogP contribution in [0.1, 0.15) is 130 Å². The van der Waals surface area contributed by atoms with Gasteiger partial charge in [0.15, 0.2) is 0 Å². The lowest BCUT2D eigenvalue weighted by atomic mass is 9.71. The highest BCUT2D eigenvalue weighted by molar-refractivity contribution is 5.82. The molecule has 1 fully saturated rings. The molecule has 0 aromatic carbocycles. The molecule has 7 heteroatoms. The van der Waals surface area contributed by atoms with Crippen molar-refractivity contribution < 1.29 is 14.3 Å². The minimum atomic E-state index is -0.546. The van der Waals surface area contributed by atoms with Crippen molar-refractivity contribution in [3.8, 4) is 0 Å². The first-order valence-corrected chi connectivity index (χ1v) is 15.6. The van der Waals surface area contributed by atoms with Crippen molar-refractivity contribution in [3.63, 3.8) is 0 Å². The normalized spacial score (nSPS) is 19.5. The number of nitrogens with one attached hydrogen (secondary N) is 3. The number of hydrogen-bond acceptors (Lipinski definition) is 6. The third kappa shape index (κ3) is 10.9. The zero-order valence-corrected chi connectivity index (χ0v) is 30.1. The highest BCUT2D eigenvalue weighted by Crippen LogP contribution is 2.49. The fraction of sp³-hybridized carbons (Fsp3) is 0.941. The quantitative estimate of drug-likeness (QED) is 0.168. The van der Waals surface area contributed by atoms with Gasteiger partial charge in [0.2, 0.25) is 5.91 Å². The minimum Gasteiger partial charge on any atom is -0.355 e. The summed E-state index contributed by atoms with van der Waals surface area (Å²) in [6.07, 6.45) is 3.08. The number of ether oxygens (including phenoxy) is 1. The second-order valence-electron chi connectivity index (χ2n) is 18.0. The van der Waals surface area contributed by atoms with E-state index < -0.39 is 5.41 Å². The Kier molecular flexibility index (Phi) is 11.6. The second-order valence-corrected chi connectivity index (χ2v) is 18.0. The number of nitrogens with zero attached hydrogens (tertiary/aromatic N) is 1. The van der Waals surface area contributed by atoms with E-state index in [1.54, 1.807) is 6.92 Å². The number of rotatable bonds is 18. The summed E-state index contributed by atoms with van der Waals surface area (Å²) in [6, 6.07) is 0. The largest absolute Gasteiger partial charge is 0.355 e. The number of hydrogen-bond donors (Lipinski definition) is 3. The molecule has 1 saturated heterocycles. The van der Waals surface area contributed by atoms with Gasteiger partial charge in [-0.3, -0.25) is 15.0 Å². The molecule has 1 rings (SSSR count). The lowest BCUT2D eigenvalue weighted by Gasteiger charge is -2.52. The monoisotopic (exact) mass is 581 g/mol. The lowest BCUT2D eigenvalue weighted by Crippen LogP contribution is -2.60. The molecule has 1 heterocycles. The summed E-state index contributed by atoms with van der Waals surface area (Å²) in [5, 5.41) is 10.4.